The smallest absolute Gasteiger partial charge is 0.255 e. The van der Waals surface area contributed by atoms with E-state index in [1.54, 1.807) is 30.5 Å². The van der Waals surface area contributed by atoms with Gasteiger partial charge >= 0.3 is 0 Å². The van der Waals surface area contributed by atoms with Crippen LogP contribution in [0, 0.1) is 5.82 Å². The number of aromatic nitrogens is 1. The Balaban J connectivity index is 1.26. The molecule has 0 saturated carbocycles. The molecule has 8 heteroatoms. The van der Waals surface area contributed by atoms with Crippen LogP contribution in [0.2, 0.25) is 0 Å². The maximum Gasteiger partial charge on any atom is 0.255 e. The predicted octanol–water partition coefficient (Wildman–Crippen LogP) is 3.43. The zero-order valence-corrected chi connectivity index (χ0v) is 18.2. The first-order valence-electron chi connectivity index (χ1n) is 10.9. The second-order valence-electron chi connectivity index (χ2n) is 7.74. The van der Waals surface area contributed by atoms with Crippen LogP contribution in [-0.2, 0) is 4.79 Å². The van der Waals surface area contributed by atoms with Crippen LogP contribution in [0.25, 0.3) is 0 Å². The third-order valence-electron chi connectivity index (χ3n) is 5.52. The van der Waals surface area contributed by atoms with Gasteiger partial charge in [-0.25, -0.2) is 9.37 Å². The lowest BCUT2D eigenvalue weighted by molar-refractivity contribution is -0.131. The third kappa shape index (κ3) is 5.85. The van der Waals surface area contributed by atoms with Crippen LogP contribution in [0.15, 0.2) is 72.9 Å². The molecule has 1 aromatic heterocycles. The third-order valence-corrected chi connectivity index (χ3v) is 5.52. The van der Waals surface area contributed by atoms with Crippen molar-refractivity contribution in [2.24, 2.45) is 0 Å². The van der Waals surface area contributed by atoms with Gasteiger partial charge in [0.15, 0.2) is 0 Å². The van der Waals surface area contributed by atoms with Crippen molar-refractivity contribution in [3.8, 4) is 0 Å². The van der Waals surface area contributed by atoms with Crippen molar-refractivity contribution >= 4 is 29.0 Å². The summed E-state index contributed by atoms with van der Waals surface area (Å²) in [7, 11) is 0. The lowest BCUT2D eigenvalue weighted by atomic mass is 10.2. The van der Waals surface area contributed by atoms with Crippen molar-refractivity contribution in [1.29, 1.82) is 0 Å². The SMILES string of the molecule is O=C(NCCC(=O)N1CCN(c2ccccc2)CC1)c1cccnc1Nc1cccc(F)c1. The summed E-state index contributed by atoms with van der Waals surface area (Å²) in [6, 6.07) is 19.4. The number of nitrogens with one attached hydrogen (secondary N) is 2. The minimum Gasteiger partial charge on any atom is -0.368 e. The van der Waals surface area contributed by atoms with E-state index < -0.39 is 0 Å². The lowest BCUT2D eigenvalue weighted by Crippen LogP contribution is -2.49. The van der Waals surface area contributed by atoms with Crippen LogP contribution >= 0.6 is 0 Å². The monoisotopic (exact) mass is 447 g/mol. The van der Waals surface area contributed by atoms with Gasteiger partial charge < -0.3 is 20.4 Å². The molecule has 0 unspecified atom stereocenters. The fraction of sp³-hybridized carbons (Fsp3) is 0.240. The Labute approximate surface area is 192 Å². The maximum absolute atomic E-state index is 13.5. The van der Waals surface area contributed by atoms with Gasteiger partial charge in [0.1, 0.15) is 11.6 Å². The Bertz CT molecular complexity index is 1100. The molecular formula is C25H26FN5O2. The van der Waals surface area contributed by atoms with Gasteiger partial charge in [-0.05, 0) is 42.5 Å². The number of hydrogen-bond acceptors (Lipinski definition) is 5. The Morgan fingerprint density at radius 2 is 1.73 bits per heavy atom. The molecule has 0 atom stereocenters. The normalized spacial score (nSPS) is 13.5. The Kier molecular flexibility index (Phi) is 7.14. The van der Waals surface area contributed by atoms with Gasteiger partial charge in [-0.15, -0.1) is 0 Å². The highest BCUT2D eigenvalue weighted by Crippen LogP contribution is 2.19. The maximum atomic E-state index is 13.5. The summed E-state index contributed by atoms with van der Waals surface area (Å²) in [6.45, 7) is 3.11. The molecule has 170 valence electrons. The standard InChI is InChI=1S/C25H26FN5O2/c26-19-6-4-7-20(18-19)29-24-22(10-5-12-27-24)25(33)28-13-11-23(32)31-16-14-30(15-17-31)21-8-2-1-3-9-21/h1-10,12,18H,11,13-17H2,(H,27,29)(H,28,33). The van der Waals surface area contributed by atoms with Crippen LogP contribution < -0.4 is 15.5 Å². The number of benzene rings is 2. The zero-order valence-electron chi connectivity index (χ0n) is 18.2. The molecule has 33 heavy (non-hydrogen) atoms. The summed E-state index contributed by atoms with van der Waals surface area (Å²) in [4.78, 5) is 33.6. The van der Waals surface area contributed by atoms with E-state index in [0.29, 0.717) is 30.2 Å². The van der Waals surface area contributed by atoms with Gasteiger partial charge in [-0.2, -0.15) is 0 Å². The summed E-state index contributed by atoms with van der Waals surface area (Å²) >= 11 is 0. The summed E-state index contributed by atoms with van der Waals surface area (Å²) in [5, 5.41) is 5.76. The summed E-state index contributed by atoms with van der Waals surface area (Å²) in [5.41, 5.74) is 1.98. The number of anilines is 3. The largest absolute Gasteiger partial charge is 0.368 e. The minimum atomic E-state index is -0.384. The first-order chi connectivity index (χ1) is 16.1. The van der Waals surface area contributed by atoms with E-state index in [1.165, 1.54) is 12.1 Å². The van der Waals surface area contributed by atoms with E-state index in [-0.39, 0.29) is 30.6 Å². The topological polar surface area (TPSA) is 77.6 Å². The molecule has 2 aromatic carbocycles. The van der Waals surface area contributed by atoms with Gasteiger partial charge in [0.2, 0.25) is 5.91 Å². The fourth-order valence-corrected chi connectivity index (χ4v) is 3.78. The highest BCUT2D eigenvalue weighted by Gasteiger charge is 2.21. The molecule has 2 N–H and O–H groups in total. The van der Waals surface area contributed by atoms with Crippen LogP contribution in [0.4, 0.5) is 21.6 Å². The minimum absolute atomic E-state index is 0.0207. The zero-order chi connectivity index (χ0) is 23.0. The quantitative estimate of drug-likeness (QED) is 0.580. The predicted molar refractivity (Wildman–Crippen MR) is 126 cm³/mol. The van der Waals surface area contributed by atoms with Crippen molar-refractivity contribution < 1.29 is 14.0 Å². The number of halogens is 1. The second kappa shape index (κ2) is 10.6. The van der Waals surface area contributed by atoms with E-state index in [2.05, 4.69) is 32.7 Å². The number of pyridine rings is 1. The van der Waals surface area contributed by atoms with E-state index in [4.69, 9.17) is 0 Å². The van der Waals surface area contributed by atoms with E-state index >= 15 is 0 Å². The van der Waals surface area contributed by atoms with Crippen molar-refractivity contribution in [3.05, 3.63) is 84.3 Å². The van der Waals surface area contributed by atoms with Crippen LogP contribution in [0.5, 0.6) is 0 Å². The molecule has 2 amide bonds. The number of piperazine rings is 1. The molecule has 4 rings (SSSR count). The molecule has 0 bridgehead atoms. The first kappa shape index (κ1) is 22.3. The number of rotatable bonds is 7. The summed E-state index contributed by atoms with van der Waals surface area (Å²) in [5.74, 6) is -0.384. The Morgan fingerprint density at radius 1 is 0.939 bits per heavy atom. The Morgan fingerprint density at radius 3 is 2.48 bits per heavy atom. The van der Waals surface area contributed by atoms with Crippen molar-refractivity contribution in [1.82, 2.24) is 15.2 Å². The highest BCUT2D eigenvalue weighted by molar-refractivity contribution is 5.99. The molecule has 1 aliphatic heterocycles. The van der Waals surface area contributed by atoms with Gasteiger partial charge in [0.25, 0.3) is 5.91 Å². The van der Waals surface area contributed by atoms with E-state index in [0.717, 1.165) is 18.8 Å². The first-order valence-corrected chi connectivity index (χ1v) is 10.9. The second-order valence-corrected chi connectivity index (χ2v) is 7.74. The number of carbonyl (C=O) groups is 2. The van der Waals surface area contributed by atoms with Crippen LogP contribution in [0.3, 0.4) is 0 Å². The van der Waals surface area contributed by atoms with Crippen LogP contribution in [0.1, 0.15) is 16.8 Å². The van der Waals surface area contributed by atoms with Crippen molar-refractivity contribution in [2.45, 2.75) is 6.42 Å². The highest BCUT2D eigenvalue weighted by atomic mass is 19.1. The van der Waals surface area contributed by atoms with Crippen molar-refractivity contribution in [3.63, 3.8) is 0 Å². The summed E-state index contributed by atoms with van der Waals surface area (Å²) in [6.07, 6.45) is 1.78. The molecule has 7 nitrogen and oxygen atoms in total. The van der Waals surface area contributed by atoms with Gasteiger partial charge in [0, 0.05) is 56.7 Å². The molecular weight excluding hydrogens is 421 g/mol. The molecule has 1 fully saturated rings. The van der Waals surface area contributed by atoms with Crippen molar-refractivity contribution in [2.75, 3.05) is 42.9 Å². The molecule has 0 aliphatic carbocycles. The van der Waals surface area contributed by atoms with Gasteiger partial charge in [-0.3, -0.25) is 9.59 Å². The molecule has 1 aliphatic rings. The van der Waals surface area contributed by atoms with E-state index in [1.807, 2.05) is 23.1 Å². The average Bonchev–Trinajstić information content (AvgIpc) is 2.85. The van der Waals surface area contributed by atoms with Gasteiger partial charge in [-0.1, -0.05) is 24.3 Å². The molecule has 2 heterocycles. The number of nitrogens with zero attached hydrogens (tertiary/aromatic N) is 3. The number of hydrogen-bond donors (Lipinski definition) is 2. The summed E-state index contributed by atoms with van der Waals surface area (Å²) < 4.78 is 13.5. The average molecular weight is 448 g/mol. The van der Waals surface area contributed by atoms with Gasteiger partial charge in [0.05, 0.1) is 5.56 Å². The molecule has 3 aromatic rings. The number of para-hydroxylation sites is 1. The molecule has 0 radical (unpaired) electrons. The number of carbonyl (C=O) groups excluding carboxylic acids is 2. The van der Waals surface area contributed by atoms with Crippen LogP contribution in [-0.4, -0.2) is 54.4 Å². The molecule has 0 spiro atoms. The Hall–Kier alpha value is -3.94. The lowest BCUT2D eigenvalue weighted by Gasteiger charge is -2.36. The number of amides is 2. The van der Waals surface area contributed by atoms with E-state index in [9.17, 15) is 14.0 Å². The fourth-order valence-electron chi connectivity index (χ4n) is 3.78. The molecule has 1 saturated heterocycles.